The van der Waals surface area contributed by atoms with Crippen molar-refractivity contribution in [2.75, 3.05) is 12.3 Å². The monoisotopic (exact) mass is 341 g/mol. The van der Waals surface area contributed by atoms with Gasteiger partial charge in [-0.1, -0.05) is 23.9 Å². The van der Waals surface area contributed by atoms with E-state index in [1.54, 1.807) is 0 Å². The Morgan fingerprint density at radius 3 is 2.67 bits per heavy atom. The van der Waals surface area contributed by atoms with Gasteiger partial charge >= 0.3 is 0 Å². The number of carbonyl (C=O) groups excluding carboxylic acids is 1. The van der Waals surface area contributed by atoms with Crippen LogP contribution in [0, 0.1) is 13.8 Å². The van der Waals surface area contributed by atoms with Crippen LogP contribution >= 0.6 is 11.8 Å². The molecule has 2 aromatic heterocycles. The molecule has 3 aromatic rings. The topological polar surface area (TPSA) is 83.6 Å². The normalized spacial score (nSPS) is 10.9. The highest BCUT2D eigenvalue weighted by Gasteiger charge is 2.07. The highest BCUT2D eigenvalue weighted by atomic mass is 32.2. The van der Waals surface area contributed by atoms with Crippen LogP contribution in [0.15, 0.2) is 35.5 Å². The second-order valence-electron chi connectivity index (χ2n) is 5.52. The van der Waals surface area contributed by atoms with Crippen LogP contribution < -0.4 is 5.32 Å². The standard InChI is InChI=1S/C17H19N5OS/c1-11-9-12(2)20-17(19-11)24-10-16(23)18-8-7-15-21-13-5-3-4-6-14(13)22-15/h3-6,9H,7-8,10H2,1-2H3,(H,18,23)(H,21,22). The minimum atomic E-state index is -0.0288. The number of H-pyrrole nitrogens is 1. The van der Waals surface area contributed by atoms with Crippen molar-refractivity contribution in [2.45, 2.75) is 25.4 Å². The number of aromatic amines is 1. The van der Waals surface area contributed by atoms with Gasteiger partial charge in [0.25, 0.3) is 0 Å². The summed E-state index contributed by atoms with van der Waals surface area (Å²) in [4.78, 5) is 28.3. The second-order valence-corrected chi connectivity index (χ2v) is 6.47. The first kappa shape index (κ1) is 16.4. The van der Waals surface area contributed by atoms with Crippen LogP contribution in [0.4, 0.5) is 0 Å². The van der Waals surface area contributed by atoms with Gasteiger partial charge in [0.2, 0.25) is 5.91 Å². The van der Waals surface area contributed by atoms with Crippen molar-refractivity contribution in [1.82, 2.24) is 25.3 Å². The predicted molar refractivity (Wildman–Crippen MR) is 95.0 cm³/mol. The average molecular weight is 341 g/mol. The van der Waals surface area contributed by atoms with Gasteiger partial charge in [0.15, 0.2) is 5.16 Å². The molecule has 0 bridgehead atoms. The van der Waals surface area contributed by atoms with Crippen molar-refractivity contribution < 1.29 is 4.79 Å². The van der Waals surface area contributed by atoms with Crippen LogP contribution in [0.2, 0.25) is 0 Å². The SMILES string of the molecule is Cc1cc(C)nc(SCC(=O)NCCc2nc3ccccc3[nH]2)n1. The number of carbonyl (C=O) groups is 1. The molecule has 6 nitrogen and oxygen atoms in total. The minimum Gasteiger partial charge on any atom is -0.355 e. The lowest BCUT2D eigenvalue weighted by Crippen LogP contribution is -2.27. The lowest BCUT2D eigenvalue weighted by Gasteiger charge is -2.04. The molecule has 7 heteroatoms. The molecule has 1 aromatic carbocycles. The summed E-state index contributed by atoms with van der Waals surface area (Å²) in [5.41, 5.74) is 3.79. The maximum Gasteiger partial charge on any atom is 0.230 e. The van der Waals surface area contributed by atoms with Gasteiger partial charge < -0.3 is 10.3 Å². The van der Waals surface area contributed by atoms with E-state index in [1.165, 1.54) is 11.8 Å². The van der Waals surface area contributed by atoms with Crippen LogP contribution in [-0.2, 0) is 11.2 Å². The van der Waals surface area contributed by atoms with Crippen LogP contribution in [0.3, 0.4) is 0 Å². The Balaban J connectivity index is 1.45. The number of aryl methyl sites for hydroxylation is 2. The number of nitrogens with zero attached hydrogens (tertiary/aromatic N) is 3. The van der Waals surface area contributed by atoms with Gasteiger partial charge in [-0.05, 0) is 32.0 Å². The molecule has 24 heavy (non-hydrogen) atoms. The summed E-state index contributed by atoms with van der Waals surface area (Å²) < 4.78 is 0. The van der Waals surface area contributed by atoms with E-state index in [4.69, 9.17) is 0 Å². The maximum absolute atomic E-state index is 11.9. The molecule has 0 radical (unpaired) electrons. The summed E-state index contributed by atoms with van der Waals surface area (Å²) in [7, 11) is 0. The van der Waals surface area contributed by atoms with E-state index in [1.807, 2.05) is 44.2 Å². The van der Waals surface area contributed by atoms with Crippen molar-refractivity contribution in [3.63, 3.8) is 0 Å². The minimum absolute atomic E-state index is 0.0288. The van der Waals surface area contributed by atoms with Gasteiger partial charge in [-0.3, -0.25) is 4.79 Å². The summed E-state index contributed by atoms with van der Waals surface area (Å²) >= 11 is 1.35. The quantitative estimate of drug-likeness (QED) is 0.531. The van der Waals surface area contributed by atoms with E-state index in [2.05, 4.69) is 25.3 Å². The van der Waals surface area contributed by atoms with Gasteiger partial charge in [-0.15, -0.1) is 0 Å². The third-order valence-corrected chi connectivity index (χ3v) is 4.26. The number of para-hydroxylation sites is 2. The first-order valence-electron chi connectivity index (χ1n) is 7.75. The number of aromatic nitrogens is 4. The van der Waals surface area contributed by atoms with E-state index >= 15 is 0 Å². The Morgan fingerprint density at radius 2 is 1.92 bits per heavy atom. The number of fused-ring (bicyclic) bond motifs is 1. The smallest absolute Gasteiger partial charge is 0.230 e. The third-order valence-electron chi connectivity index (χ3n) is 3.42. The zero-order valence-corrected chi connectivity index (χ0v) is 14.5. The number of hydrogen-bond donors (Lipinski definition) is 2. The summed E-state index contributed by atoms with van der Waals surface area (Å²) in [5, 5.41) is 3.54. The molecule has 2 heterocycles. The zero-order chi connectivity index (χ0) is 16.9. The van der Waals surface area contributed by atoms with Crippen LogP contribution in [0.1, 0.15) is 17.2 Å². The van der Waals surface area contributed by atoms with Crippen molar-refractivity contribution in [1.29, 1.82) is 0 Å². The Bertz CT molecular complexity index is 808. The van der Waals surface area contributed by atoms with E-state index < -0.39 is 0 Å². The average Bonchev–Trinajstić information content (AvgIpc) is 2.95. The zero-order valence-electron chi connectivity index (χ0n) is 13.7. The third kappa shape index (κ3) is 4.32. The van der Waals surface area contributed by atoms with Crippen molar-refractivity contribution in [2.24, 2.45) is 0 Å². The molecular formula is C17H19N5OS. The lowest BCUT2D eigenvalue weighted by atomic mass is 10.3. The molecule has 3 rings (SSSR count). The summed E-state index contributed by atoms with van der Waals surface area (Å²) in [5.74, 6) is 1.16. The Labute approximate surface area is 144 Å². The first-order valence-corrected chi connectivity index (χ1v) is 8.74. The molecule has 0 atom stereocenters. The van der Waals surface area contributed by atoms with Crippen molar-refractivity contribution >= 4 is 28.7 Å². The molecule has 0 spiro atoms. The fourth-order valence-corrected chi connectivity index (χ4v) is 3.16. The molecule has 0 aliphatic carbocycles. The molecule has 0 aliphatic rings. The summed E-state index contributed by atoms with van der Waals surface area (Å²) in [6.07, 6.45) is 0.672. The van der Waals surface area contributed by atoms with Crippen molar-refractivity contribution in [3.05, 3.63) is 47.5 Å². The largest absolute Gasteiger partial charge is 0.355 e. The molecular weight excluding hydrogens is 322 g/mol. The van der Waals surface area contributed by atoms with Gasteiger partial charge in [0, 0.05) is 24.4 Å². The molecule has 0 unspecified atom stereocenters. The van der Waals surface area contributed by atoms with Crippen LogP contribution in [-0.4, -0.2) is 38.1 Å². The molecule has 0 aliphatic heterocycles. The van der Waals surface area contributed by atoms with Gasteiger partial charge in [0.1, 0.15) is 5.82 Å². The molecule has 0 saturated carbocycles. The highest BCUT2D eigenvalue weighted by molar-refractivity contribution is 7.99. The Kier molecular flexibility index (Phi) is 5.10. The lowest BCUT2D eigenvalue weighted by molar-refractivity contribution is -0.118. The Morgan fingerprint density at radius 1 is 1.17 bits per heavy atom. The summed E-state index contributed by atoms with van der Waals surface area (Å²) in [6, 6.07) is 9.80. The summed E-state index contributed by atoms with van der Waals surface area (Å²) in [6.45, 7) is 4.39. The molecule has 0 fully saturated rings. The van der Waals surface area contributed by atoms with E-state index in [0.29, 0.717) is 23.9 Å². The number of imidazole rings is 1. The van der Waals surface area contributed by atoms with E-state index in [0.717, 1.165) is 28.2 Å². The predicted octanol–water partition coefficient (Wildman–Crippen LogP) is 2.42. The number of hydrogen-bond acceptors (Lipinski definition) is 5. The van der Waals surface area contributed by atoms with Crippen molar-refractivity contribution in [3.8, 4) is 0 Å². The van der Waals surface area contributed by atoms with Crippen LogP contribution in [0.25, 0.3) is 11.0 Å². The fourth-order valence-electron chi connectivity index (χ4n) is 2.38. The van der Waals surface area contributed by atoms with E-state index in [9.17, 15) is 4.79 Å². The van der Waals surface area contributed by atoms with Crippen LogP contribution in [0.5, 0.6) is 0 Å². The van der Waals surface area contributed by atoms with Gasteiger partial charge in [-0.25, -0.2) is 15.0 Å². The number of benzene rings is 1. The van der Waals surface area contributed by atoms with Gasteiger partial charge in [0.05, 0.1) is 16.8 Å². The number of nitrogens with one attached hydrogen (secondary N) is 2. The number of amides is 1. The molecule has 2 N–H and O–H groups in total. The molecule has 0 saturated heterocycles. The molecule has 124 valence electrons. The Hall–Kier alpha value is -2.41. The second kappa shape index (κ2) is 7.44. The van der Waals surface area contributed by atoms with Gasteiger partial charge in [-0.2, -0.15) is 0 Å². The number of rotatable bonds is 6. The van der Waals surface area contributed by atoms with E-state index in [-0.39, 0.29) is 5.91 Å². The molecule has 1 amide bonds. The first-order chi connectivity index (χ1) is 11.6. The highest BCUT2D eigenvalue weighted by Crippen LogP contribution is 2.13. The number of thioether (sulfide) groups is 1. The maximum atomic E-state index is 11.9. The fraction of sp³-hybridized carbons (Fsp3) is 0.294.